The van der Waals surface area contributed by atoms with Gasteiger partial charge in [0, 0.05) is 10.6 Å². The lowest BCUT2D eigenvalue weighted by molar-refractivity contribution is 0.0697. The molecule has 0 atom stereocenters. The first-order chi connectivity index (χ1) is 13.1. The summed E-state index contributed by atoms with van der Waals surface area (Å²) in [6.07, 6.45) is 4.71. The normalized spacial score (nSPS) is 10.9. The van der Waals surface area contributed by atoms with Crippen LogP contribution in [0.25, 0.3) is 6.08 Å². The van der Waals surface area contributed by atoms with Gasteiger partial charge in [0.1, 0.15) is 12.4 Å². The van der Waals surface area contributed by atoms with E-state index in [0.717, 1.165) is 22.4 Å². The number of carbonyl (C=O) groups is 1. The fraction of sp³-hybridized carbons (Fsp3) is 0.0870. The summed E-state index contributed by atoms with van der Waals surface area (Å²) in [5.41, 5.74) is 3.36. The molecule has 0 bridgehead atoms. The van der Waals surface area contributed by atoms with E-state index in [1.807, 2.05) is 72.8 Å². The van der Waals surface area contributed by atoms with E-state index in [1.165, 1.54) is 0 Å². The fourth-order valence-corrected chi connectivity index (χ4v) is 2.77. The SMILES string of the molecule is O=C(O)c1ccc(CC=Cc2ccc(Cl)cc2OCc2ccccc2)cc1. The van der Waals surface area contributed by atoms with Gasteiger partial charge >= 0.3 is 5.97 Å². The molecule has 1 N–H and O–H groups in total. The third kappa shape index (κ3) is 5.47. The maximum absolute atomic E-state index is 10.9. The Morgan fingerprint density at radius 1 is 0.963 bits per heavy atom. The van der Waals surface area contributed by atoms with Gasteiger partial charge in [-0.25, -0.2) is 4.79 Å². The summed E-state index contributed by atoms with van der Waals surface area (Å²) >= 11 is 6.12. The van der Waals surface area contributed by atoms with Crippen molar-refractivity contribution in [3.63, 3.8) is 0 Å². The molecule has 136 valence electrons. The van der Waals surface area contributed by atoms with Gasteiger partial charge in [-0.2, -0.15) is 0 Å². The summed E-state index contributed by atoms with van der Waals surface area (Å²) in [6.45, 7) is 0.471. The molecule has 3 aromatic rings. The molecule has 0 unspecified atom stereocenters. The number of aromatic carboxylic acids is 1. The molecule has 0 saturated heterocycles. The van der Waals surface area contributed by atoms with Crippen LogP contribution in [0.3, 0.4) is 0 Å². The lowest BCUT2D eigenvalue weighted by atomic mass is 10.1. The van der Waals surface area contributed by atoms with E-state index in [-0.39, 0.29) is 5.56 Å². The molecular formula is C23H19ClO3. The van der Waals surface area contributed by atoms with Gasteiger partial charge in [-0.1, -0.05) is 66.2 Å². The molecule has 0 radical (unpaired) electrons. The van der Waals surface area contributed by atoms with Gasteiger partial charge in [-0.3, -0.25) is 0 Å². The highest BCUT2D eigenvalue weighted by Crippen LogP contribution is 2.26. The molecule has 4 heteroatoms. The van der Waals surface area contributed by atoms with Crippen LogP contribution in [0, 0.1) is 0 Å². The average Bonchev–Trinajstić information content (AvgIpc) is 2.69. The third-order valence-corrected chi connectivity index (χ3v) is 4.30. The van der Waals surface area contributed by atoms with Crippen LogP contribution in [-0.4, -0.2) is 11.1 Å². The molecule has 0 saturated carbocycles. The molecule has 0 aromatic heterocycles. The third-order valence-electron chi connectivity index (χ3n) is 4.06. The van der Waals surface area contributed by atoms with Crippen molar-refractivity contribution in [2.45, 2.75) is 13.0 Å². The van der Waals surface area contributed by atoms with Gasteiger partial charge in [-0.15, -0.1) is 0 Å². The molecular weight excluding hydrogens is 360 g/mol. The lowest BCUT2D eigenvalue weighted by Crippen LogP contribution is -1.97. The second-order valence-electron chi connectivity index (χ2n) is 6.06. The maximum Gasteiger partial charge on any atom is 0.335 e. The van der Waals surface area contributed by atoms with E-state index in [4.69, 9.17) is 21.4 Å². The van der Waals surface area contributed by atoms with Crippen molar-refractivity contribution in [2.24, 2.45) is 0 Å². The van der Waals surface area contributed by atoms with Crippen molar-refractivity contribution in [1.29, 1.82) is 0 Å². The number of rotatable bonds is 7. The first-order valence-electron chi connectivity index (χ1n) is 8.57. The second kappa shape index (κ2) is 9.06. The summed E-state index contributed by atoms with van der Waals surface area (Å²) in [7, 11) is 0. The van der Waals surface area contributed by atoms with Crippen LogP contribution in [0.15, 0.2) is 78.9 Å². The Hall–Kier alpha value is -3.04. The zero-order chi connectivity index (χ0) is 19.1. The Morgan fingerprint density at radius 2 is 1.70 bits per heavy atom. The highest BCUT2D eigenvalue weighted by Gasteiger charge is 2.04. The predicted octanol–water partition coefficient (Wildman–Crippen LogP) is 5.87. The molecule has 0 aliphatic carbocycles. The number of hydrogen-bond donors (Lipinski definition) is 1. The van der Waals surface area contributed by atoms with Gasteiger partial charge in [-0.05, 0) is 47.9 Å². The number of allylic oxidation sites excluding steroid dienone is 1. The first kappa shape index (κ1) is 18.7. The van der Waals surface area contributed by atoms with E-state index in [0.29, 0.717) is 18.1 Å². The van der Waals surface area contributed by atoms with Gasteiger partial charge < -0.3 is 9.84 Å². The largest absolute Gasteiger partial charge is 0.488 e. The molecule has 0 aliphatic rings. The predicted molar refractivity (Wildman–Crippen MR) is 108 cm³/mol. The number of ether oxygens (including phenoxy) is 1. The van der Waals surface area contributed by atoms with Crippen LogP contribution in [0.2, 0.25) is 5.02 Å². The number of hydrogen-bond acceptors (Lipinski definition) is 2. The van der Waals surface area contributed by atoms with Crippen molar-refractivity contribution >= 4 is 23.6 Å². The Labute approximate surface area is 163 Å². The minimum Gasteiger partial charge on any atom is -0.488 e. The van der Waals surface area contributed by atoms with Crippen LogP contribution in [0.4, 0.5) is 0 Å². The Balaban J connectivity index is 1.68. The number of carboxylic acid groups (broad SMARTS) is 1. The summed E-state index contributed by atoms with van der Waals surface area (Å²) in [6, 6.07) is 22.4. The van der Waals surface area contributed by atoms with Gasteiger partial charge in [0.25, 0.3) is 0 Å². The number of carboxylic acids is 1. The van der Waals surface area contributed by atoms with Crippen molar-refractivity contribution in [1.82, 2.24) is 0 Å². The molecule has 0 aliphatic heterocycles. The van der Waals surface area contributed by atoms with Crippen molar-refractivity contribution < 1.29 is 14.6 Å². The molecule has 27 heavy (non-hydrogen) atoms. The van der Waals surface area contributed by atoms with E-state index in [1.54, 1.807) is 12.1 Å². The monoisotopic (exact) mass is 378 g/mol. The number of benzene rings is 3. The maximum atomic E-state index is 10.9. The van der Waals surface area contributed by atoms with Crippen LogP contribution >= 0.6 is 11.6 Å². The minimum absolute atomic E-state index is 0.289. The topological polar surface area (TPSA) is 46.5 Å². The minimum atomic E-state index is -0.918. The summed E-state index contributed by atoms with van der Waals surface area (Å²) in [5.74, 6) is -0.192. The van der Waals surface area contributed by atoms with Crippen LogP contribution < -0.4 is 4.74 Å². The van der Waals surface area contributed by atoms with Crippen molar-refractivity contribution in [3.8, 4) is 5.75 Å². The van der Waals surface area contributed by atoms with E-state index in [2.05, 4.69) is 0 Å². The molecule has 3 nitrogen and oxygen atoms in total. The van der Waals surface area contributed by atoms with Crippen molar-refractivity contribution in [2.75, 3.05) is 0 Å². The van der Waals surface area contributed by atoms with E-state index < -0.39 is 5.97 Å². The Morgan fingerprint density at radius 3 is 2.41 bits per heavy atom. The van der Waals surface area contributed by atoms with E-state index >= 15 is 0 Å². The summed E-state index contributed by atoms with van der Waals surface area (Å²) in [5, 5.41) is 9.57. The average molecular weight is 379 g/mol. The molecule has 0 fully saturated rings. The zero-order valence-electron chi connectivity index (χ0n) is 14.6. The van der Waals surface area contributed by atoms with Gasteiger partial charge in [0.15, 0.2) is 0 Å². The first-order valence-corrected chi connectivity index (χ1v) is 8.94. The van der Waals surface area contributed by atoms with Crippen LogP contribution in [-0.2, 0) is 13.0 Å². The smallest absolute Gasteiger partial charge is 0.335 e. The summed E-state index contributed by atoms with van der Waals surface area (Å²) < 4.78 is 5.95. The quantitative estimate of drug-likeness (QED) is 0.559. The molecule has 0 amide bonds. The highest BCUT2D eigenvalue weighted by atomic mass is 35.5. The standard InChI is InChI=1S/C23H19ClO3/c24-21-14-13-19(22(15-21)27-16-18-5-2-1-3-6-18)8-4-7-17-9-11-20(12-10-17)23(25)26/h1-6,8-15H,7,16H2,(H,25,26). The number of halogens is 1. The van der Waals surface area contributed by atoms with Crippen molar-refractivity contribution in [3.05, 3.63) is 106 Å². The summed E-state index contributed by atoms with van der Waals surface area (Å²) in [4.78, 5) is 10.9. The highest BCUT2D eigenvalue weighted by molar-refractivity contribution is 6.30. The molecule has 0 heterocycles. The van der Waals surface area contributed by atoms with E-state index in [9.17, 15) is 4.79 Å². The fourth-order valence-electron chi connectivity index (χ4n) is 2.61. The van der Waals surface area contributed by atoms with Crippen LogP contribution in [0.1, 0.15) is 27.0 Å². The molecule has 3 aromatic carbocycles. The molecule has 3 rings (SSSR count). The Bertz CT molecular complexity index is 932. The second-order valence-corrected chi connectivity index (χ2v) is 6.50. The van der Waals surface area contributed by atoms with Crippen LogP contribution in [0.5, 0.6) is 5.75 Å². The Kier molecular flexibility index (Phi) is 6.29. The van der Waals surface area contributed by atoms with Gasteiger partial charge in [0.05, 0.1) is 5.56 Å². The zero-order valence-corrected chi connectivity index (χ0v) is 15.4. The van der Waals surface area contributed by atoms with Gasteiger partial charge in [0.2, 0.25) is 0 Å². The lowest BCUT2D eigenvalue weighted by Gasteiger charge is -2.10. The molecule has 0 spiro atoms.